The number of β-lactam (4-membered cyclic amide) rings is 1. The molecule has 0 aromatic heterocycles. The molecule has 132 valence electrons. The fourth-order valence-corrected chi connectivity index (χ4v) is 5.10. The largest absolute Gasteiger partial charge is 0.477 e. The van der Waals surface area contributed by atoms with Crippen LogP contribution in [0, 0.1) is 11.8 Å². The zero-order valence-electron chi connectivity index (χ0n) is 13.6. The summed E-state index contributed by atoms with van der Waals surface area (Å²) in [5.74, 6) is -0.858. The predicted molar refractivity (Wildman–Crippen MR) is 88.1 cm³/mol. The molecule has 3 aliphatic rings. The van der Waals surface area contributed by atoms with Crippen LogP contribution in [-0.4, -0.2) is 64.4 Å². The molecule has 0 aromatic carbocycles. The number of nitrogens with one attached hydrogen (secondary N) is 1. The van der Waals surface area contributed by atoms with Gasteiger partial charge in [-0.2, -0.15) is 0 Å². The van der Waals surface area contributed by atoms with E-state index in [4.69, 9.17) is 9.94 Å². The summed E-state index contributed by atoms with van der Waals surface area (Å²) in [7, 11) is 1.52. The topological polar surface area (TPSA) is 111 Å². The van der Waals surface area contributed by atoms with Gasteiger partial charge in [0.05, 0.1) is 25.6 Å². The Bertz CT molecular complexity index is 620. The number of aliphatic hydroxyl groups excluding tert-OH is 1. The van der Waals surface area contributed by atoms with Gasteiger partial charge in [0, 0.05) is 29.1 Å². The average molecular weight is 355 g/mol. The maximum Gasteiger partial charge on any atom is 0.353 e. The smallest absolute Gasteiger partial charge is 0.353 e. The molecule has 24 heavy (non-hydrogen) atoms. The third kappa shape index (κ3) is 2.70. The van der Waals surface area contributed by atoms with Crippen LogP contribution in [-0.2, 0) is 14.4 Å². The summed E-state index contributed by atoms with van der Waals surface area (Å²) < 4.78 is 0. The molecule has 3 heterocycles. The molecule has 0 radical (unpaired) electrons. The maximum absolute atomic E-state index is 12.3. The molecule has 0 saturated carbocycles. The number of carbonyl (C=O) groups excluding carboxylic acids is 1. The monoisotopic (exact) mass is 355 g/mol. The Kier molecular flexibility index (Phi) is 4.84. The summed E-state index contributed by atoms with van der Waals surface area (Å²) in [5.41, 5.74) is 2.82. The molecule has 8 nitrogen and oxygen atoms in total. The number of aliphatic carboxylic acids is 1. The quantitative estimate of drug-likeness (QED) is 0.461. The summed E-state index contributed by atoms with van der Waals surface area (Å²) in [6, 6.07) is -0.155. The van der Waals surface area contributed by atoms with Crippen LogP contribution in [0.1, 0.15) is 19.8 Å². The molecular formula is C15H21N3O5S. The van der Waals surface area contributed by atoms with Crippen molar-refractivity contribution in [2.75, 3.05) is 20.3 Å². The van der Waals surface area contributed by atoms with E-state index in [9.17, 15) is 14.7 Å². The highest BCUT2D eigenvalue weighted by Gasteiger charge is 2.58. The van der Waals surface area contributed by atoms with Gasteiger partial charge in [-0.25, -0.2) is 4.79 Å². The van der Waals surface area contributed by atoms with Crippen molar-refractivity contribution in [1.29, 1.82) is 0 Å². The van der Waals surface area contributed by atoms with Crippen molar-refractivity contribution in [3.8, 4) is 0 Å². The Morgan fingerprint density at radius 2 is 2.29 bits per heavy atom. The first-order valence-corrected chi connectivity index (χ1v) is 8.77. The van der Waals surface area contributed by atoms with Gasteiger partial charge in [0.2, 0.25) is 5.91 Å². The second kappa shape index (κ2) is 6.73. The highest BCUT2D eigenvalue weighted by molar-refractivity contribution is 8.03. The minimum atomic E-state index is -1.07. The first-order chi connectivity index (χ1) is 11.5. The van der Waals surface area contributed by atoms with E-state index in [-0.39, 0.29) is 41.3 Å². The van der Waals surface area contributed by atoms with Gasteiger partial charge in [-0.05, 0) is 6.42 Å². The van der Waals surface area contributed by atoms with Crippen LogP contribution >= 0.6 is 11.8 Å². The molecule has 4 atom stereocenters. The molecular weight excluding hydrogens is 334 g/mol. The Morgan fingerprint density at radius 1 is 1.54 bits per heavy atom. The number of carboxylic acids is 1. The third-order valence-corrected chi connectivity index (χ3v) is 6.20. The van der Waals surface area contributed by atoms with E-state index < -0.39 is 5.97 Å². The van der Waals surface area contributed by atoms with Crippen molar-refractivity contribution in [3.05, 3.63) is 10.6 Å². The van der Waals surface area contributed by atoms with Crippen molar-refractivity contribution in [1.82, 2.24) is 10.4 Å². The number of rotatable bonds is 6. The molecule has 0 bridgehead atoms. The van der Waals surface area contributed by atoms with Crippen molar-refractivity contribution < 1.29 is 24.6 Å². The van der Waals surface area contributed by atoms with Crippen LogP contribution in [0.25, 0.3) is 0 Å². The predicted octanol–water partition coefficient (Wildman–Crippen LogP) is 0.197. The number of fused-ring (bicyclic) bond motifs is 1. The van der Waals surface area contributed by atoms with Gasteiger partial charge in [0.25, 0.3) is 0 Å². The molecule has 3 N–H and O–H groups in total. The number of aliphatic hydroxyl groups is 1. The van der Waals surface area contributed by atoms with E-state index in [1.54, 1.807) is 0 Å². The second-order valence-electron chi connectivity index (χ2n) is 6.16. The van der Waals surface area contributed by atoms with Crippen LogP contribution in [0.3, 0.4) is 0 Å². The summed E-state index contributed by atoms with van der Waals surface area (Å²) in [6.07, 6.45) is 1.05. The highest BCUT2D eigenvalue weighted by Crippen LogP contribution is 2.51. The van der Waals surface area contributed by atoms with Crippen molar-refractivity contribution >= 4 is 29.5 Å². The molecule has 9 heteroatoms. The summed E-state index contributed by atoms with van der Waals surface area (Å²) in [5, 5.41) is 18.9. The maximum atomic E-state index is 12.3. The highest BCUT2D eigenvalue weighted by atomic mass is 32.2. The number of nitrogens with zero attached hydrogens (tertiary/aromatic N) is 2. The number of thioether (sulfide) groups is 1. The van der Waals surface area contributed by atoms with Crippen molar-refractivity contribution in [3.63, 3.8) is 0 Å². The molecule has 3 aliphatic heterocycles. The number of aliphatic imine (C=N–C) groups is 1. The number of carboxylic acid groups (broad SMARTS) is 1. The van der Waals surface area contributed by atoms with Gasteiger partial charge in [-0.3, -0.25) is 20.1 Å². The van der Waals surface area contributed by atoms with E-state index in [0.29, 0.717) is 19.4 Å². The van der Waals surface area contributed by atoms with Gasteiger partial charge in [0.1, 0.15) is 11.5 Å². The van der Waals surface area contributed by atoms with Gasteiger partial charge in [-0.1, -0.05) is 6.92 Å². The first-order valence-electron chi connectivity index (χ1n) is 7.90. The zero-order chi connectivity index (χ0) is 17.4. The van der Waals surface area contributed by atoms with E-state index >= 15 is 0 Å². The second-order valence-corrected chi connectivity index (χ2v) is 7.50. The van der Waals surface area contributed by atoms with Crippen LogP contribution in [0.4, 0.5) is 0 Å². The zero-order valence-corrected chi connectivity index (χ0v) is 14.4. The van der Waals surface area contributed by atoms with E-state index in [1.165, 1.54) is 23.8 Å². The van der Waals surface area contributed by atoms with Crippen LogP contribution in [0.15, 0.2) is 15.6 Å². The van der Waals surface area contributed by atoms with Crippen molar-refractivity contribution in [2.24, 2.45) is 16.8 Å². The van der Waals surface area contributed by atoms with Crippen LogP contribution < -0.4 is 5.48 Å². The molecule has 4 unspecified atom stereocenters. The van der Waals surface area contributed by atoms with Gasteiger partial charge < -0.3 is 15.1 Å². The number of hydrogen-bond donors (Lipinski definition) is 3. The molecule has 1 amide bonds. The van der Waals surface area contributed by atoms with E-state index in [2.05, 4.69) is 10.5 Å². The lowest BCUT2D eigenvalue weighted by Gasteiger charge is -2.45. The van der Waals surface area contributed by atoms with Crippen LogP contribution in [0.2, 0.25) is 0 Å². The van der Waals surface area contributed by atoms with Crippen molar-refractivity contribution in [2.45, 2.75) is 31.1 Å². The number of amides is 1. The molecule has 0 aromatic rings. The van der Waals surface area contributed by atoms with Crippen LogP contribution in [0.5, 0.6) is 0 Å². The molecule has 1 fully saturated rings. The molecule has 0 aliphatic carbocycles. The Hall–Kier alpha value is -1.58. The van der Waals surface area contributed by atoms with Gasteiger partial charge in [-0.15, -0.1) is 11.8 Å². The first kappa shape index (κ1) is 17.2. The Labute approximate surface area is 143 Å². The number of amidine groups is 1. The van der Waals surface area contributed by atoms with Gasteiger partial charge >= 0.3 is 5.97 Å². The fourth-order valence-electron chi connectivity index (χ4n) is 3.70. The van der Waals surface area contributed by atoms with E-state index in [0.717, 1.165) is 10.7 Å². The SMILES string of the molecule is CONC1=NCC(SC2=C(C(=O)O)N3C(=O)C(CCO)C3C2C)C1. The van der Waals surface area contributed by atoms with E-state index in [1.807, 2.05) is 6.92 Å². The standard InChI is InChI=1S/C15H21N3O5S/c1-7-11-9(3-4-19)14(20)18(11)12(15(21)22)13(7)24-8-5-10(16-6-8)17-23-2/h7-9,11,19H,3-6H2,1-2H3,(H,16,17)(H,21,22). The minimum absolute atomic E-state index is 0.0465. The normalized spacial score (nSPS) is 31.9. The molecule has 0 spiro atoms. The Balaban J connectivity index is 1.77. The lowest BCUT2D eigenvalue weighted by molar-refractivity contribution is -0.157. The molecule has 3 rings (SSSR count). The van der Waals surface area contributed by atoms with Gasteiger partial charge in [0.15, 0.2) is 0 Å². The number of carbonyl (C=O) groups is 2. The Morgan fingerprint density at radius 3 is 2.92 bits per heavy atom. The summed E-state index contributed by atoms with van der Waals surface area (Å²) in [4.78, 5) is 35.3. The minimum Gasteiger partial charge on any atom is -0.477 e. The third-order valence-electron chi connectivity index (χ3n) is 4.73. The number of hydroxylamine groups is 1. The average Bonchev–Trinajstić information content (AvgIpc) is 3.08. The lowest BCUT2D eigenvalue weighted by atomic mass is 9.80. The summed E-state index contributed by atoms with van der Waals surface area (Å²) in [6.45, 7) is 2.47. The molecule has 1 saturated heterocycles. The summed E-state index contributed by atoms with van der Waals surface area (Å²) >= 11 is 1.49. The number of hydrogen-bond acceptors (Lipinski definition) is 7. The fraction of sp³-hybridized carbons (Fsp3) is 0.667. The lowest BCUT2D eigenvalue weighted by Crippen LogP contribution is -2.60.